The Morgan fingerprint density at radius 3 is 1.84 bits per heavy atom. The molecule has 0 nitrogen and oxygen atoms in total. The van der Waals surface area contributed by atoms with Crippen LogP contribution in [0.25, 0.3) is 0 Å². The molecule has 25 heavy (non-hydrogen) atoms. The third-order valence-electron chi connectivity index (χ3n) is 6.17. The molecule has 1 heterocycles. The molecule has 0 aromatic carbocycles. The molecule has 0 aromatic rings. The molecule has 3 heteroatoms. The van der Waals surface area contributed by atoms with Crippen LogP contribution in [0.2, 0.25) is 9.45 Å². The molecular formula is C22H36Cl2Ti. The maximum Gasteiger partial charge on any atom is -0.147 e. The van der Waals surface area contributed by atoms with E-state index in [1.54, 1.807) is 26.2 Å². The molecule has 1 saturated heterocycles. The van der Waals surface area contributed by atoms with Crippen LogP contribution in [0.3, 0.4) is 0 Å². The normalized spacial score (nSPS) is 25.0. The maximum absolute atomic E-state index is 2.63. The van der Waals surface area contributed by atoms with Gasteiger partial charge in [0, 0.05) is 0 Å². The first kappa shape index (κ1) is 23.3. The summed E-state index contributed by atoms with van der Waals surface area (Å²) < 4.78 is 6.88. The fourth-order valence-corrected chi connectivity index (χ4v) is 13.1. The molecule has 0 aromatic heterocycles. The molecule has 1 aliphatic heterocycles. The Balaban J connectivity index is 0.00000156. The van der Waals surface area contributed by atoms with Crippen LogP contribution in [-0.4, -0.2) is 0 Å². The van der Waals surface area contributed by atoms with Crippen LogP contribution in [0.15, 0.2) is 42.7 Å². The van der Waals surface area contributed by atoms with Crippen LogP contribution in [0.4, 0.5) is 0 Å². The van der Waals surface area contributed by atoms with Gasteiger partial charge in [0.1, 0.15) is 0 Å². The van der Waals surface area contributed by atoms with Crippen molar-refractivity contribution in [2.75, 3.05) is 0 Å². The van der Waals surface area contributed by atoms with E-state index < -0.39 is 16.6 Å². The van der Waals surface area contributed by atoms with Crippen molar-refractivity contribution in [3.63, 3.8) is 0 Å². The van der Waals surface area contributed by atoms with Gasteiger partial charge >= 0.3 is 147 Å². The minimum Gasteiger partial charge on any atom is -0.147 e. The molecule has 1 fully saturated rings. The third kappa shape index (κ3) is 4.24. The Labute approximate surface area is 171 Å². The predicted molar refractivity (Wildman–Crippen MR) is 114 cm³/mol. The Kier molecular flexibility index (Phi) is 6.84. The molecule has 0 radical (unpaired) electrons. The van der Waals surface area contributed by atoms with E-state index in [4.69, 9.17) is 0 Å². The second kappa shape index (κ2) is 7.35. The Hall–Kier alpha value is 0.254. The summed E-state index contributed by atoms with van der Waals surface area (Å²) in [5.74, 6) is 0.686. The third-order valence-corrected chi connectivity index (χ3v) is 13.9. The van der Waals surface area contributed by atoms with Gasteiger partial charge in [-0.3, -0.25) is 0 Å². The summed E-state index contributed by atoms with van der Waals surface area (Å²) in [4.78, 5) is 0. The second-order valence-electron chi connectivity index (χ2n) is 10.1. The van der Waals surface area contributed by atoms with Gasteiger partial charge < -0.3 is 0 Å². The zero-order valence-electron chi connectivity index (χ0n) is 17.2. The van der Waals surface area contributed by atoms with E-state index >= 15 is 0 Å². The average molecular weight is 419 g/mol. The minimum atomic E-state index is -1.91. The number of halogens is 2. The molecular weight excluding hydrogens is 383 g/mol. The number of rotatable bonds is 2. The van der Waals surface area contributed by atoms with Crippen molar-refractivity contribution in [1.29, 1.82) is 0 Å². The number of hydrogen-bond acceptors (Lipinski definition) is 0. The van der Waals surface area contributed by atoms with Crippen LogP contribution in [0.5, 0.6) is 0 Å². The van der Waals surface area contributed by atoms with Gasteiger partial charge in [0.25, 0.3) is 0 Å². The van der Waals surface area contributed by atoms with Crippen molar-refractivity contribution >= 4 is 24.8 Å². The van der Waals surface area contributed by atoms with Gasteiger partial charge in [0.05, 0.1) is 0 Å². The molecule has 2 aliphatic carbocycles. The predicted octanol–water partition coefficient (Wildman–Crippen LogP) is 7.99. The summed E-state index contributed by atoms with van der Waals surface area (Å²) in [7, 11) is 0. The maximum atomic E-state index is 2.63. The van der Waals surface area contributed by atoms with Crippen LogP contribution < -0.4 is 0 Å². The van der Waals surface area contributed by atoms with E-state index in [-0.39, 0.29) is 24.8 Å². The molecule has 0 bridgehead atoms. The van der Waals surface area contributed by atoms with E-state index in [0.717, 1.165) is 0 Å². The fourth-order valence-electron chi connectivity index (χ4n) is 4.39. The summed E-state index contributed by atoms with van der Waals surface area (Å²) in [5.41, 5.74) is 5.49. The van der Waals surface area contributed by atoms with Crippen LogP contribution in [0.1, 0.15) is 61.8 Å². The number of allylic oxidation sites excluding steroid dienone is 8. The van der Waals surface area contributed by atoms with Crippen LogP contribution >= 0.6 is 24.8 Å². The summed E-state index contributed by atoms with van der Waals surface area (Å²) in [6.45, 7) is 19.0. The topological polar surface area (TPSA) is 0 Å². The Morgan fingerprint density at radius 2 is 1.48 bits per heavy atom. The van der Waals surface area contributed by atoms with Gasteiger partial charge in [-0.2, -0.15) is 0 Å². The quantitative estimate of drug-likeness (QED) is 0.398. The first-order valence-corrected chi connectivity index (χ1v) is 13.1. The van der Waals surface area contributed by atoms with Crippen molar-refractivity contribution < 1.29 is 16.6 Å². The van der Waals surface area contributed by atoms with E-state index in [2.05, 4.69) is 73.6 Å². The zero-order chi connectivity index (χ0) is 17.2. The first-order valence-electron chi connectivity index (χ1n) is 9.31. The van der Waals surface area contributed by atoms with Crippen molar-refractivity contribution in [2.24, 2.45) is 16.7 Å². The van der Waals surface area contributed by atoms with Gasteiger partial charge in [-0.25, -0.2) is 0 Å². The summed E-state index contributed by atoms with van der Waals surface area (Å²) in [6, 6.07) is 0. The SMILES string of the molecule is CC1=[C]([Ti]2([C]3=CC(C(C)(C)C)=CC3C)[CH2][CH2]2)CC(C(C)(C)C)=C1.Cl.Cl. The van der Waals surface area contributed by atoms with Gasteiger partial charge in [-0.05, 0) is 0 Å². The molecule has 0 N–H and O–H groups in total. The molecule has 142 valence electrons. The van der Waals surface area contributed by atoms with E-state index in [1.807, 2.05) is 7.76 Å². The molecule has 3 aliphatic rings. The van der Waals surface area contributed by atoms with Gasteiger partial charge in [-0.1, -0.05) is 0 Å². The Morgan fingerprint density at radius 1 is 0.920 bits per heavy atom. The van der Waals surface area contributed by atoms with E-state index in [9.17, 15) is 0 Å². The van der Waals surface area contributed by atoms with Crippen molar-refractivity contribution in [3.8, 4) is 0 Å². The molecule has 1 unspecified atom stereocenters. The Bertz CT molecular complexity index is 659. The molecule has 0 amide bonds. The average Bonchev–Trinajstić information content (AvgIpc) is 2.90. The minimum absolute atomic E-state index is 0. The number of hydrogen-bond donors (Lipinski definition) is 0. The molecule has 0 saturated carbocycles. The van der Waals surface area contributed by atoms with E-state index in [0.29, 0.717) is 16.7 Å². The summed E-state index contributed by atoms with van der Waals surface area (Å²) in [5, 5.41) is 0. The monoisotopic (exact) mass is 418 g/mol. The van der Waals surface area contributed by atoms with Crippen molar-refractivity contribution in [3.05, 3.63) is 42.7 Å². The van der Waals surface area contributed by atoms with Crippen molar-refractivity contribution in [2.45, 2.75) is 71.3 Å². The molecule has 1 atom stereocenters. The zero-order valence-corrected chi connectivity index (χ0v) is 20.4. The molecule has 3 rings (SSSR count). The summed E-state index contributed by atoms with van der Waals surface area (Å²) in [6.07, 6.45) is 9.00. The van der Waals surface area contributed by atoms with Gasteiger partial charge in [0.2, 0.25) is 0 Å². The first-order chi connectivity index (χ1) is 10.4. The largest absolute Gasteiger partial charge is 0.147 e. The standard InChI is InChI=1S/2C10H15.C2H4.2ClH.Ti/c2*1-8-5-6-9(7-8)10(2,3)4;1-2;;;/h7H,6H2,1-4H3;6-8H,1-4H3;1-2H2;2*1H;. The second-order valence-corrected chi connectivity index (χ2v) is 16.9. The van der Waals surface area contributed by atoms with E-state index in [1.165, 1.54) is 6.42 Å². The van der Waals surface area contributed by atoms with Gasteiger partial charge in [0.15, 0.2) is 0 Å². The fraction of sp³-hybridized carbons (Fsp3) is 0.636. The van der Waals surface area contributed by atoms with Crippen LogP contribution in [0, 0.1) is 16.7 Å². The summed E-state index contributed by atoms with van der Waals surface area (Å²) >= 11 is -1.91. The molecule has 0 spiro atoms. The van der Waals surface area contributed by atoms with Crippen LogP contribution in [-0.2, 0) is 16.6 Å². The van der Waals surface area contributed by atoms with Crippen molar-refractivity contribution in [1.82, 2.24) is 0 Å². The smallest absolute Gasteiger partial charge is 0.147 e. The van der Waals surface area contributed by atoms with Gasteiger partial charge in [-0.15, -0.1) is 24.8 Å².